The smallest absolute Gasteiger partial charge is 0.305 e. The van der Waals surface area contributed by atoms with E-state index in [9.17, 15) is 23.3 Å². The molecule has 0 bridgehead atoms. The van der Waals surface area contributed by atoms with Crippen LogP contribution in [0.1, 0.15) is 17.5 Å². The second-order valence-electron chi connectivity index (χ2n) is 5.77. The first kappa shape index (κ1) is 19.4. The van der Waals surface area contributed by atoms with Crippen LogP contribution in [0.25, 0.3) is 0 Å². The number of sulfonamides is 1. The van der Waals surface area contributed by atoms with Gasteiger partial charge < -0.3 is 5.11 Å². The van der Waals surface area contributed by atoms with E-state index >= 15 is 0 Å². The van der Waals surface area contributed by atoms with Gasteiger partial charge in [0.05, 0.1) is 21.9 Å². The number of non-ortho nitro benzene ring substituents is 1. The van der Waals surface area contributed by atoms with E-state index in [0.29, 0.717) is 11.3 Å². The van der Waals surface area contributed by atoms with Crippen molar-refractivity contribution >= 4 is 27.4 Å². The number of hydrogen-bond donors (Lipinski definition) is 1. The van der Waals surface area contributed by atoms with Gasteiger partial charge in [-0.15, -0.1) is 0 Å². The van der Waals surface area contributed by atoms with Crippen LogP contribution in [0.2, 0.25) is 0 Å². The molecule has 0 unspecified atom stereocenters. The lowest BCUT2D eigenvalue weighted by atomic mass is 10.1. The lowest BCUT2D eigenvalue weighted by molar-refractivity contribution is -0.385. The summed E-state index contributed by atoms with van der Waals surface area (Å²) in [5, 5.41) is 19.9. The van der Waals surface area contributed by atoms with Crippen LogP contribution in [0, 0.1) is 24.0 Å². The highest BCUT2D eigenvalue weighted by molar-refractivity contribution is 7.92. The molecular weight excluding hydrogens is 360 g/mol. The van der Waals surface area contributed by atoms with Gasteiger partial charge in [0.25, 0.3) is 15.7 Å². The quantitative estimate of drug-likeness (QED) is 0.585. The van der Waals surface area contributed by atoms with E-state index in [2.05, 4.69) is 0 Å². The third-order valence-corrected chi connectivity index (χ3v) is 5.58. The molecule has 0 aromatic heterocycles. The van der Waals surface area contributed by atoms with Crippen molar-refractivity contribution in [1.29, 1.82) is 0 Å². The van der Waals surface area contributed by atoms with E-state index in [-0.39, 0.29) is 17.1 Å². The molecule has 0 heterocycles. The standard InChI is InChI=1S/C17H18N2O6S/c1-12-6-7-16(13(2)10-12)18(9-8-17(20)21)26(24,25)15-5-3-4-14(11-15)19(22)23/h3-7,10-11H,8-9H2,1-2H3,(H,20,21). The number of carboxylic acids is 1. The first-order chi connectivity index (χ1) is 12.1. The molecular formula is C17H18N2O6S. The highest BCUT2D eigenvalue weighted by atomic mass is 32.2. The summed E-state index contributed by atoms with van der Waals surface area (Å²) >= 11 is 0. The zero-order chi connectivity index (χ0) is 19.5. The van der Waals surface area contributed by atoms with E-state index in [1.807, 2.05) is 6.92 Å². The highest BCUT2D eigenvalue weighted by Gasteiger charge is 2.28. The molecule has 0 aliphatic heterocycles. The minimum Gasteiger partial charge on any atom is -0.481 e. The lowest BCUT2D eigenvalue weighted by Gasteiger charge is -2.25. The van der Waals surface area contributed by atoms with Crippen LogP contribution in [0.15, 0.2) is 47.4 Å². The Labute approximate surface area is 150 Å². The summed E-state index contributed by atoms with van der Waals surface area (Å²) in [7, 11) is -4.18. The molecule has 2 aromatic rings. The predicted octanol–water partition coefficient (Wildman–Crippen LogP) is 2.88. The molecule has 9 heteroatoms. The summed E-state index contributed by atoms with van der Waals surface area (Å²) in [6, 6.07) is 9.79. The largest absolute Gasteiger partial charge is 0.481 e. The van der Waals surface area contributed by atoms with Crippen LogP contribution >= 0.6 is 0 Å². The number of nitro benzene ring substituents is 1. The molecule has 0 amide bonds. The molecule has 1 N–H and O–H groups in total. The normalized spacial score (nSPS) is 11.2. The molecule has 138 valence electrons. The lowest BCUT2D eigenvalue weighted by Crippen LogP contribution is -2.33. The van der Waals surface area contributed by atoms with Gasteiger partial charge in [0, 0.05) is 18.7 Å². The topological polar surface area (TPSA) is 118 Å². The van der Waals surface area contributed by atoms with Gasteiger partial charge in [-0.2, -0.15) is 0 Å². The molecule has 0 spiro atoms. The van der Waals surface area contributed by atoms with Crippen LogP contribution in [-0.4, -0.2) is 31.0 Å². The van der Waals surface area contributed by atoms with E-state index in [4.69, 9.17) is 5.11 Å². The number of carbonyl (C=O) groups is 1. The average Bonchev–Trinajstić information content (AvgIpc) is 2.56. The van der Waals surface area contributed by atoms with Crippen molar-refractivity contribution in [3.05, 3.63) is 63.7 Å². The van der Waals surface area contributed by atoms with E-state index in [0.717, 1.165) is 15.9 Å². The summed E-state index contributed by atoms with van der Waals surface area (Å²) in [6.07, 6.45) is -0.401. The minimum atomic E-state index is -4.18. The van der Waals surface area contributed by atoms with Crippen molar-refractivity contribution < 1.29 is 23.2 Å². The summed E-state index contributed by atoms with van der Waals surface area (Å²) in [5.74, 6) is -1.14. The van der Waals surface area contributed by atoms with Crippen molar-refractivity contribution in [2.45, 2.75) is 25.2 Å². The van der Waals surface area contributed by atoms with Gasteiger partial charge in [0.1, 0.15) is 0 Å². The van der Waals surface area contributed by atoms with Crippen molar-refractivity contribution in [2.24, 2.45) is 0 Å². The van der Waals surface area contributed by atoms with Gasteiger partial charge >= 0.3 is 5.97 Å². The first-order valence-corrected chi connectivity index (χ1v) is 9.13. The number of nitrogens with zero attached hydrogens (tertiary/aromatic N) is 2. The third-order valence-electron chi connectivity index (χ3n) is 3.77. The predicted molar refractivity (Wildman–Crippen MR) is 95.8 cm³/mol. The summed E-state index contributed by atoms with van der Waals surface area (Å²) in [4.78, 5) is 21.0. The molecule has 26 heavy (non-hydrogen) atoms. The van der Waals surface area contributed by atoms with E-state index < -0.39 is 27.3 Å². The Morgan fingerprint density at radius 2 is 1.88 bits per heavy atom. The number of aryl methyl sites for hydroxylation is 2. The molecule has 0 saturated carbocycles. The van der Waals surface area contributed by atoms with E-state index in [1.54, 1.807) is 25.1 Å². The Balaban J connectivity index is 2.57. The average molecular weight is 378 g/mol. The van der Waals surface area contributed by atoms with Gasteiger partial charge in [0.2, 0.25) is 0 Å². The Morgan fingerprint density at radius 3 is 2.46 bits per heavy atom. The van der Waals surface area contributed by atoms with Gasteiger partial charge in [-0.05, 0) is 31.5 Å². The number of anilines is 1. The summed E-state index contributed by atoms with van der Waals surface area (Å²) < 4.78 is 27.1. The van der Waals surface area contributed by atoms with Gasteiger partial charge in [-0.25, -0.2) is 8.42 Å². The van der Waals surface area contributed by atoms with Crippen molar-refractivity contribution in [2.75, 3.05) is 10.8 Å². The number of benzene rings is 2. The number of rotatable bonds is 7. The molecule has 0 aliphatic rings. The molecule has 0 saturated heterocycles. The van der Waals surface area contributed by atoms with Crippen molar-refractivity contribution in [3.63, 3.8) is 0 Å². The maximum absolute atomic E-state index is 13.1. The second-order valence-corrected chi connectivity index (χ2v) is 7.63. The fourth-order valence-electron chi connectivity index (χ4n) is 2.54. The molecule has 8 nitrogen and oxygen atoms in total. The maximum Gasteiger partial charge on any atom is 0.305 e. The fourth-order valence-corrected chi connectivity index (χ4v) is 4.11. The van der Waals surface area contributed by atoms with Crippen LogP contribution in [0.5, 0.6) is 0 Å². The van der Waals surface area contributed by atoms with Crippen LogP contribution in [0.4, 0.5) is 11.4 Å². The fraction of sp³-hybridized carbons (Fsp3) is 0.235. The Bertz CT molecular complexity index is 955. The van der Waals surface area contributed by atoms with Gasteiger partial charge in [-0.3, -0.25) is 19.2 Å². The van der Waals surface area contributed by atoms with Crippen molar-refractivity contribution in [1.82, 2.24) is 0 Å². The molecule has 0 fully saturated rings. The summed E-state index contributed by atoms with van der Waals surface area (Å²) in [6.45, 7) is 3.29. The first-order valence-electron chi connectivity index (χ1n) is 7.69. The highest BCUT2D eigenvalue weighted by Crippen LogP contribution is 2.29. The second kappa shape index (κ2) is 7.52. The number of aliphatic carboxylic acids is 1. The van der Waals surface area contributed by atoms with E-state index in [1.165, 1.54) is 18.2 Å². The minimum absolute atomic E-state index is 0.267. The van der Waals surface area contributed by atoms with Crippen LogP contribution in [-0.2, 0) is 14.8 Å². The molecule has 0 radical (unpaired) electrons. The SMILES string of the molecule is Cc1ccc(N(CCC(=O)O)S(=O)(=O)c2cccc([N+](=O)[O-])c2)c(C)c1. The molecule has 0 aliphatic carbocycles. The Hall–Kier alpha value is -2.94. The number of hydrogen-bond acceptors (Lipinski definition) is 5. The summed E-state index contributed by atoms with van der Waals surface area (Å²) in [5.41, 5.74) is 1.56. The van der Waals surface area contributed by atoms with Crippen LogP contribution < -0.4 is 4.31 Å². The Kier molecular flexibility index (Phi) is 5.61. The number of nitro groups is 1. The Morgan fingerprint density at radius 1 is 1.19 bits per heavy atom. The molecule has 0 atom stereocenters. The van der Waals surface area contributed by atoms with Crippen molar-refractivity contribution in [3.8, 4) is 0 Å². The van der Waals surface area contributed by atoms with Gasteiger partial charge in [0.15, 0.2) is 0 Å². The van der Waals surface area contributed by atoms with Crippen LogP contribution in [0.3, 0.4) is 0 Å². The third kappa shape index (κ3) is 4.17. The van der Waals surface area contributed by atoms with Gasteiger partial charge in [-0.1, -0.05) is 23.8 Å². The molecule has 2 rings (SSSR count). The number of carboxylic acid groups (broad SMARTS) is 1. The maximum atomic E-state index is 13.1. The monoisotopic (exact) mass is 378 g/mol. The molecule has 2 aromatic carbocycles. The zero-order valence-electron chi connectivity index (χ0n) is 14.2. The zero-order valence-corrected chi connectivity index (χ0v) is 15.1.